The minimum absolute atomic E-state index is 0.659. The molecule has 0 nitrogen and oxygen atoms in total. The van der Waals surface area contributed by atoms with Crippen molar-refractivity contribution in [2.45, 2.75) is 47.0 Å². The quantitative estimate of drug-likeness (QED) is 0.520. The van der Waals surface area contributed by atoms with Gasteiger partial charge >= 0.3 is 0 Å². The van der Waals surface area contributed by atoms with Gasteiger partial charge in [-0.3, -0.25) is 0 Å². The van der Waals surface area contributed by atoms with E-state index in [-0.39, 0.29) is 0 Å². The zero-order valence-electron chi connectivity index (χ0n) is 10.4. The van der Waals surface area contributed by atoms with Crippen molar-refractivity contribution in [2.24, 2.45) is 34.0 Å². The number of rotatable bonds is 0. The zero-order valence-corrected chi connectivity index (χ0v) is 10.4. The van der Waals surface area contributed by atoms with Crippen molar-refractivity contribution in [1.29, 1.82) is 0 Å². The van der Waals surface area contributed by atoms with Crippen LogP contribution in [0.2, 0.25) is 0 Å². The molecule has 0 N–H and O–H groups in total. The van der Waals surface area contributed by atoms with Crippen LogP contribution in [0.25, 0.3) is 0 Å². The van der Waals surface area contributed by atoms with Gasteiger partial charge in [-0.05, 0) is 54.8 Å². The number of allylic oxidation sites excluding steroid dienone is 2. The lowest BCUT2D eigenvalue weighted by Crippen LogP contribution is -2.21. The summed E-state index contributed by atoms with van der Waals surface area (Å²) in [5.41, 5.74) is 3.81. The molecule has 0 aromatic heterocycles. The average molecular weight is 202 g/mol. The predicted molar refractivity (Wildman–Crippen MR) is 62.4 cm³/mol. The van der Waals surface area contributed by atoms with Crippen molar-refractivity contribution in [2.75, 3.05) is 0 Å². The molecule has 0 aliphatic heterocycles. The molecule has 0 aromatic carbocycles. The summed E-state index contributed by atoms with van der Waals surface area (Å²) in [6.07, 6.45) is 6.96. The summed E-state index contributed by atoms with van der Waals surface area (Å²) in [6, 6.07) is 0. The Morgan fingerprint density at radius 3 is 2.73 bits per heavy atom. The summed E-state index contributed by atoms with van der Waals surface area (Å²) >= 11 is 0. The average Bonchev–Trinajstić information content (AvgIpc) is 2.84. The Bertz CT molecular complexity index is 389. The summed E-state index contributed by atoms with van der Waals surface area (Å²) in [5.74, 6) is 3.12. The smallest absolute Gasteiger partial charge is 0.00389 e. The molecule has 2 unspecified atom stereocenters. The van der Waals surface area contributed by atoms with Crippen LogP contribution in [-0.4, -0.2) is 0 Å². The second-order valence-electron chi connectivity index (χ2n) is 7.41. The van der Waals surface area contributed by atoms with Crippen LogP contribution in [0.5, 0.6) is 0 Å². The monoisotopic (exact) mass is 202 g/mol. The van der Waals surface area contributed by atoms with E-state index in [0.29, 0.717) is 16.2 Å². The Hall–Kier alpha value is -0.260. The van der Waals surface area contributed by atoms with E-state index in [2.05, 4.69) is 33.8 Å². The fraction of sp³-hybridized carbons (Fsp3) is 0.867. The van der Waals surface area contributed by atoms with E-state index in [4.69, 9.17) is 0 Å². The molecule has 0 radical (unpaired) electrons. The van der Waals surface area contributed by atoms with Gasteiger partial charge in [-0.2, -0.15) is 0 Å². The normalized spacial score (nSPS) is 62.7. The zero-order chi connectivity index (χ0) is 10.6. The lowest BCUT2D eigenvalue weighted by atomic mass is 9.76. The van der Waals surface area contributed by atoms with Gasteiger partial charge in [0.05, 0.1) is 0 Å². The highest BCUT2D eigenvalue weighted by Crippen LogP contribution is 2.92. The van der Waals surface area contributed by atoms with Gasteiger partial charge in [0.25, 0.3) is 0 Å². The molecule has 5 atom stereocenters. The van der Waals surface area contributed by atoms with Crippen molar-refractivity contribution in [3.63, 3.8) is 0 Å². The Labute approximate surface area is 93.1 Å². The Morgan fingerprint density at radius 1 is 1.27 bits per heavy atom. The van der Waals surface area contributed by atoms with Crippen molar-refractivity contribution >= 4 is 0 Å². The third-order valence-electron chi connectivity index (χ3n) is 7.01. The number of hydrogen-bond donors (Lipinski definition) is 0. The Morgan fingerprint density at radius 2 is 2.00 bits per heavy atom. The molecule has 0 saturated heterocycles. The largest absolute Gasteiger partial charge is 0.0847 e. The van der Waals surface area contributed by atoms with E-state index in [1.165, 1.54) is 19.3 Å². The van der Waals surface area contributed by atoms with E-state index >= 15 is 0 Å². The van der Waals surface area contributed by atoms with E-state index in [1.807, 2.05) is 0 Å². The molecule has 82 valence electrons. The van der Waals surface area contributed by atoms with Crippen LogP contribution < -0.4 is 0 Å². The first kappa shape index (κ1) is 8.84. The fourth-order valence-electron chi connectivity index (χ4n) is 6.28. The van der Waals surface area contributed by atoms with Gasteiger partial charge < -0.3 is 0 Å². The van der Waals surface area contributed by atoms with Crippen molar-refractivity contribution in [3.8, 4) is 0 Å². The maximum Gasteiger partial charge on any atom is 0.00389 e. The molecule has 0 heterocycles. The summed E-state index contributed by atoms with van der Waals surface area (Å²) < 4.78 is 0. The molecule has 0 amide bonds. The van der Waals surface area contributed by atoms with Gasteiger partial charge in [0.15, 0.2) is 0 Å². The van der Waals surface area contributed by atoms with E-state index in [9.17, 15) is 0 Å². The minimum Gasteiger partial charge on any atom is -0.0847 e. The number of hydrogen-bond acceptors (Lipinski definition) is 0. The molecule has 0 aromatic rings. The third-order valence-corrected chi connectivity index (χ3v) is 7.01. The van der Waals surface area contributed by atoms with Crippen molar-refractivity contribution in [1.82, 2.24) is 0 Å². The molecule has 4 aliphatic carbocycles. The molecule has 4 rings (SSSR count). The van der Waals surface area contributed by atoms with Gasteiger partial charge in [-0.25, -0.2) is 0 Å². The van der Waals surface area contributed by atoms with E-state index in [1.54, 1.807) is 5.57 Å². The first-order chi connectivity index (χ1) is 6.97. The minimum atomic E-state index is 0.659. The van der Waals surface area contributed by atoms with Gasteiger partial charge in [0.2, 0.25) is 0 Å². The van der Waals surface area contributed by atoms with Gasteiger partial charge in [0.1, 0.15) is 0 Å². The van der Waals surface area contributed by atoms with Gasteiger partial charge in [0, 0.05) is 5.41 Å². The van der Waals surface area contributed by atoms with E-state index in [0.717, 1.165) is 17.8 Å². The van der Waals surface area contributed by atoms with Crippen LogP contribution >= 0.6 is 0 Å². The summed E-state index contributed by atoms with van der Waals surface area (Å²) in [6.45, 7) is 10.0. The maximum absolute atomic E-state index is 2.58. The maximum atomic E-state index is 2.58. The Balaban J connectivity index is 1.87. The van der Waals surface area contributed by atoms with Crippen LogP contribution in [0.4, 0.5) is 0 Å². The lowest BCUT2D eigenvalue weighted by molar-refractivity contribution is 0.271. The van der Waals surface area contributed by atoms with Crippen molar-refractivity contribution < 1.29 is 0 Å². The molecule has 15 heavy (non-hydrogen) atoms. The standard InChI is InChI=1S/C15H22/c1-9-5-6-11-14(4)8-7-10-12(13(10,2)3)15(9,11)14/h5,10-12H,6-8H2,1-4H3/t10-,11?,12+,14?,15-/m1/s1. The second kappa shape index (κ2) is 1.96. The van der Waals surface area contributed by atoms with Crippen LogP contribution in [0.3, 0.4) is 0 Å². The van der Waals surface area contributed by atoms with E-state index < -0.39 is 0 Å². The first-order valence-corrected chi connectivity index (χ1v) is 6.64. The lowest BCUT2D eigenvalue weighted by Gasteiger charge is -2.28. The second-order valence-corrected chi connectivity index (χ2v) is 7.41. The topological polar surface area (TPSA) is 0 Å². The fourth-order valence-corrected chi connectivity index (χ4v) is 6.28. The molecule has 3 fully saturated rings. The molecule has 0 bridgehead atoms. The highest BCUT2D eigenvalue weighted by molar-refractivity contribution is 5.46. The highest BCUT2D eigenvalue weighted by atomic mass is 14.9. The van der Waals surface area contributed by atoms with Crippen LogP contribution in [0.15, 0.2) is 11.6 Å². The summed E-state index contributed by atoms with van der Waals surface area (Å²) in [5, 5.41) is 0. The molecular weight excluding hydrogens is 180 g/mol. The van der Waals surface area contributed by atoms with Crippen LogP contribution in [0.1, 0.15) is 47.0 Å². The summed E-state index contributed by atoms with van der Waals surface area (Å²) in [4.78, 5) is 0. The number of fused-ring (bicyclic) bond motifs is 2. The summed E-state index contributed by atoms with van der Waals surface area (Å²) in [7, 11) is 0. The first-order valence-electron chi connectivity index (χ1n) is 6.64. The third kappa shape index (κ3) is 0.610. The molecular formula is C15H22. The van der Waals surface area contributed by atoms with Crippen LogP contribution in [-0.2, 0) is 0 Å². The van der Waals surface area contributed by atoms with Gasteiger partial charge in [-0.1, -0.05) is 32.4 Å². The van der Waals surface area contributed by atoms with Crippen LogP contribution in [0, 0.1) is 34.0 Å². The Kier molecular flexibility index (Phi) is 1.15. The molecule has 4 aliphatic rings. The highest BCUT2D eigenvalue weighted by Gasteiger charge is 2.87. The van der Waals surface area contributed by atoms with Crippen molar-refractivity contribution in [3.05, 3.63) is 11.6 Å². The molecule has 0 heteroatoms. The van der Waals surface area contributed by atoms with Gasteiger partial charge in [-0.15, -0.1) is 0 Å². The SMILES string of the molecule is CC1=CCC2C3(C)CC[C@@H]4[C@@H](C4(C)C)[C@@]123. The molecule has 3 saturated carbocycles. The predicted octanol–water partition coefficient (Wildman–Crippen LogP) is 4.02. The molecule has 1 spiro atoms.